The fourth-order valence-corrected chi connectivity index (χ4v) is 3.01. The molecule has 0 radical (unpaired) electrons. The Morgan fingerprint density at radius 1 is 0.962 bits per heavy atom. The Morgan fingerprint density at radius 3 is 2.35 bits per heavy atom. The van der Waals surface area contributed by atoms with E-state index >= 15 is 0 Å². The molecule has 1 aliphatic rings. The molecule has 0 aromatic heterocycles. The van der Waals surface area contributed by atoms with Gasteiger partial charge in [0.25, 0.3) is 5.91 Å². The van der Waals surface area contributed by atoms with Crippen LogP contribution in [0.4, 0.5) is 15.8 Å². The first-order valence-corrected chi connectivity index (χ1v) is 8.81. The molecule has 1 aliphatic heterocycles. The van der Waals surface area contributed by atoms with Crippen molar-refractivity contribution in [2.24, 2.45) is 0 Å². The summed E-state index contributed by atoms with van der Waals surface area (Å²) in [4.78, 5) is 26.2. The molecule has 3 rings (SSSR count). The van der Waals surface area contributed by atoms with E-state index in [0.29, 0.717) is 5.69 Å². The largest absolute Gasteiger partial charge is 0.372 e. The summed E-state index contributed by atoms with van der Waals surface area (Å²) in [5.41, 5.74) is 1.73. The number of rotatable bonds is 5. The molecule has 2 amide bonds. The second-order valence-electron chi connectivity index (χ2n) is 6.31. The first kappa shape index (κ1) is 17.9. The van der Waals surface area contributed by atoms with Crippen molar-refractivity contribution in [3.63, 3.8) is 0 Å². The fraction of sp³-hybridized carbons (Fsp3) is 0.300. The SMILES string of the molecule is O=C(CNC(=O)c1ccccc1F)Nc1ccc(N2CCCCC2)cc1. The van der Waals surface area contributed by atoms with Gasteiger partial charge in [-0.1, -0.05) is 12.1 Å². The highest BCUT2D eigenvalue weighted by Gasteiger charge is 2.13. The molecule has 0 spiro atoms. The average Bonchev–Trinajstić information content (AvgIpc) is 2.68. The molecular formula is C20H22FN3O2. The van der Waals surface area contributed by atoms with Gasteiger partial charge in [-0.05, 0) is 55.7 Å². The van der Waals surface area contributed by atoms with E-state index in [1.54, 1.807) is 6.07 Å². The summed E-state index contributed by atoms with van der Waals surface area (Å²) in [6.45, 7) is 1.91. The van der Waals surface area contributed by atoms with Crippen LogP contribution in [-0.2, 0) is 4.79 Å². The molecule has 26 heavy (non-hydrogen) atoms. The number of amides is 2. The molecule has 2 N–H and O–H groups in total. The van der Waals surface area contributed by atoms with E-state index in [4.69, 9.17) is 0 Å². The van der Waals surface area contributed by atoms with E-state index in [1.807, 2.05) is 24.3 Å². The topological polar surface area (TPSA) is 61.4 Å². The predicted molar refractivity (Wildman–Crippen MR) is 99.9 cm³/mol. The summed E-state index contributed by atoms with van der Waals surface area (Å²) in [7, 11) is 0. The van der Waals surface area contributed by atoms with E-state index in [1.165, 1.54) is 37.5 Å². The van der Waals surface area contributed by atoms with E-state index in [9.17, 15) is 14.0 Å². The number of carbonyl (C=O) groups excluding carboxylic acids is 2. The minimum absolute atomic E-state index is 0.0776. The van der Waals surface area contributed by atoms with Crippen molar-refractivity contribution >= 4 is 23.2 Å². The molecule has 0 aliphatic carbocycles. The van der Waals surface area contributed by atoms with Crippen LogP contribution in [0.2, 0.25) is 0 Å². The molecule has 0 bridgehead atoms. The van der Waals surface area contributed by atoms with E-state index in [2.05, 4.69) is 15.5 Å². The molecule has 6 heteroatoms. The normalized spacial score (nSPS) is 14.0. The van der Waals surface area contributed by atoms with Crippen molar-refractivity contribution in [1.82, 2.24) is 5.32 Å². The summed E-state index contributed by atoms with van der Waals surface area (Å²) >= 11 is 0. The lowest BCUT2D eigenvalue weighted by molar-refractivity contribution is -0.115. The van der Waals surface area contributed by atoms with Crippen LogP contribution in [0.1, 0.15) is 29.6 Å². The Balaban J connectivity index is 1.50. The number of carbonyl (C=O) groups is 2. The number of halogens is 1. The zero-order chi connectivity index (χ0) is 18.4. The summed E-state index contributed by atoms with van der Waals surface area (Å²) in [6.07, 6.45) is 3.70. The van der Waals surface area contributed by atoms with Gasteiger partial charge in [-0.25, -0.2) is 4.39 Å². The van der Waals surface area contributed by atoms with Gasteiger partial charge in [0.15, 0.2) is 0 Å². The Hall–Kier alpha value is -2.89. The number of nitrogens with zero attached hydrogens (tertiary/aromatic N) is 1. The van der Waals surface area contributed by atoms with Crippen LogP contribution < -0.4 is 15.5 Å². The molecule has 1 heterocycles. The van der Waals surface area contributed by atoms with Crippen molar-refractivity contribution in [2.75, 3.05) is 29.9 Å². The monoisotopic (exact) mass is 355 g/mol. The molecule has 136 valence electrons. The molecule has 5 nitrogen and oxygen atoms in total. The van der Waals surface area contributed by atoms with Crippen LogP contribution in [0.25, 0.3) is 0 Å². The van der Waals surface area contributed by atoms with Gasteiger partial charge >= 0.3 is 0 Å². The smallest absolute Gasteiger partial charge is 0.254 e. The maximum absolute atomic E-state index is 13.5. The maximum Gasteiger partial charge on any atom is 0.254 e. The number of anilines is 2. The average molecular weight is 355 g/mol. The van der Waals surface area contributed by atoms with Gasteiger partial charge in [-0.2, -0.15) is 0 Å². The highest BCUT2D eigenvalue weighted by atomic mass is 19.1. The third kappa shape index (κ3) is 4.59. The summed E-state index contributed by atoms with van der Waals surface area (Å²) in [5.74, 6) is -1.59. The minimum Gasteiger partial charge on any atom is -0.372 e. The van der Waals surface area contributed by atoms with Crippen molar-refractivity contribution in [2.45, 2.75) is 19.3 Å². The number of hydrogen-bond acceptors (Lipinski definition) is 3. The fourth-order valence-electron chi connectivity index (χ4n) is 3.01. The lowest BCUT2D eigenvalue weighted by Crippen LogP contribution is -2.33. The van der Waals surface area contributed by atoms with Crippen LogP contribution in [0.5, 0.6) is 0 Å². The molecule has 1 saturated heterocycles. The molecule has 0 atom stereocenters. The predicted octanol–water partition coefficient (Wildman–Crippen LogP) is 3.18. The highest BCUT2D eigenvalue weighted by molar-refractivity contribution is 5.99. The number of piperidine rings is 1. The van der Waals surface area contributed by atoms with Gasteiger partial charge in [0.2, 0.25) is 5.91 Å². The van der Waals surface area contributed by atoms with Crippen molar-refractivity contribution in [3.8, 4) is 0 Å². The summed E-state index contributed by atoms with van der Waals surface area (Å²) < 4.78 is 13.5. The first-order valence-electron chi connectivity index (χ1n) is 8.81. The Morgan fingerprint density at radius 2 is 1.65 bits per heavy atom. The number of hydrogen-bond donors (Lipinski definition) is 2. The first-order chi connectivity index (χ1) is 12.6. The molecule has 2 aromatic carbocycles. The minimum atomic E-state index is -0.612. The third-order valence-electron chi connectivity index (χ3n) is 4.40. The lowest BCUT2D eigenvalue weighted by atomic mass is 10.1. The quantitative estimate of drug-likeness (QED) is 0.866. The molecule has 0 unspecified atom stereocenters. The zero-order valence-corrected chi connectivity index (χ0v) is 14.5. The van der Waals surface area contributed by atoms with Crippen LogP contribution in [-0.4, -0.2) is 31.4 Å². The Kier molecular flexibility index (Phi) is 5.84. The zero-order valence-electron chi connectivity index (χ0n) is 14.5. The van der Waals surface area contributed by atoms with Gasteiger partial charge in [0.1, 0.15) is 5.82 Å². The Bertz CT molecular complexity index is 771. The second kappa shape index (κ2) is 8.47. The second-order valence-corrected chi connectivity index (χ2v) is 6.31. The van der Waals surface area contributed by atoms with Crippen LogP contribution >= 0.6 is 0 Å². The van der Waals surface area contributed by atoms with Crippen molar-refractivity contribution < 1.29 is 14.0 Å². The van der Waals surface area contributed by atoms with Crippen LogP contribution in [0.15, 0.2) is 48.5 Å². The van der Waals surface area contributed by atoms with Crippen molar-refractivity contribution in [3.05, 3.63) is 59.9 Å². The maximum atomic E-state index is 13.5. The molecule has 0 saturated carbocycles. The highest BCUT2D eigenvalue weighted by Crippen LogP contribution is 2.21. The number of nitrogens with one attached hydrogen (secondary N) is 2. The summed E-state index contributed by atoms with van der Waals surface area (Å²) in [5, 5.41) is 5.15. The number of benzene rings is 2. The molecule has 2 aromatic rings. The third-order valence-corrected chi connectivity index (χ3v) is 4.40. The molecule has 1 fully saturated rings. The van der Waals surface area contributed by atoms with E-state index in [0.717, 1.165) is 18.8 Å². The van der Waals surface area contributed by atoms with Crippen LogP contribution in [0.3, 0.4) is 0 Å². The molecular weight excluding hydrogens is 333 g/mol. The van der Waals surface area contributed by atoms with Gasteiger partial charge < -0.3 is 15.5 Å². The van der Waals surface area contributed by atoms with Gasteiger partial charge in [0.05, 0.1) is 12.1 Å². The standard InChI is InChI=1S/C20H22FN3O2/c21-18-7-3-2-6-17(18)20(26)22-14-19(25)23-15-8-10-16(11-9-15)24-12-4-1-5-13-24/h2-3,6-11H,1,4-5,12-14H2,(H,22,26)(H,23,25). The van der Waals surface area contributed by atoms with Gasteiger partial charge in [-0.3, -0.25) is 9.59 Å². The lowest BCUT2D eigenvalue weighted by Gasteiger charge is -2.28. The van der Waals surface area contributed by atoms with Gasteiger partial charge in [-0.15, -0.1) is 0 Å². The van der Waals surface area contributed by atoms with E-state index in [-0.39, 0.29) is 18.0 Å². The Labute approximate surface area is 152 Å². The van der Waals surface area contributed by atoms with E-state index < -0.39 is 11.7 Å². The van der Waals surface area contributed by atoms with Crippen molar-refractivity contribution in [1.29, 1.82) is 0 Å². The van der Waals surface area contributed by atoms with Crippen LogP contribution in [0, 0.1) is 5.82 Å². The summed E-state index contributed by atoms with van der Waals surface area (Å²) in [6, 6.07) is 13.3. The van der Waals surface area contributed by atoms with Gasteiger partial charge in [0, 0.05) is 24.5 Å².